The predicted molar refractivity (Wildman–Crippen MR) is 102 cm³/mol. The third kappa shape index (κ3) is 7.97. The van der Waals surface area contributed by atoms with Crippen LogP contribution in [0.5, 0.6) is 0 Å². The van der Waals surface area contributed by atoms with Gasteiger partial charge in [-0.2, -0.15) is 0 Å². The second kappa shape index (κ2) is 9.69. The lowest BCUT2D eigenvalue weighted by molar-refractivity contribution is -0.930. The van der Waals surface area contributed by atoms with Crippen LogP contribution in [0.4, 0.5) is 0 Å². The van der Waals surface area contributed by atoms with Crippen LogP contribution < -0.4 is 20.4 Å². The van der Waals surface area contributed by atoms with Crippen LogP contribution in [-0.2, 0) is 16.1 Å². The standard InChI is InChI=1S/C20H32N4O2/c1-20(2,3)22-19(26)16-24-11-7-10-23(12-13-24)15-18(25)21-14-17-8-5-4-6-9-17/h4-6,8-9H,7,10-16H2,1-3H3,(H,21,25)(H,22,26)/p+2. The van der Waals surface area contributed by atoms with Gasteiger partial charge in [0.25, 0.3) is 11.8 Å². The van der Waals surface area contributed by atoms with Gasteiger partial charge in [0, 0.05) is 18.5 Å². The lowest BCUT2D eigenvalue weighted by Crippen LogP contribution is -3.18. The van der Waals surface area contributed by atoms with Crippen LogP contribution in [0.2, 0.25) is 0 Å². The summed E-state index contributed by atoms with van der Waals surface area (Å²) in [5.74, 6) is 0.203. The Kier molecular flexibility index (Phi) is 7.60. The molecule has 1 aromatic carbocycles. The van der Waals surface area contributed by atoms with E-state index in [-0.39, 0.29) is 17.4 Å². The number of hydrogen-bond donors (Lipinski definition) is 4. The Morgan fingerprint density at radius 1 is 0.923 bits per heavy atom. The molecule has 0 radical (unpaired) electrons. The van der Waals surface area contributed by atoms with Gasteiger partial charge in [0.05, 0.1) is 13.1 Å². The number of rotatable bonds is 6. The van der Waals surface area contributed by atoms with E-state index in [0.29, 0.717) is 19.6 Å². The summed E-state index contributed by atoms with van der Waals surface area (Å²) in [6.07, 6.45) is 1.04. The second-order valence-corrected chi connectivity index (χ2v) is 8.27. The van der Waals surface area contributed by atoms with Crippen molar-refractivity contribution in [2.24, 2.45) is 0 Å². The van der Waals surface area contributed by atoms with Crippen LogP contribution in [0, 0.1) is 0 Å². The Hall–Kier alpha value is -1.92. The molecule has 1 fully saturated rings. The average molecular weight is 363 g/mol. The van der Waals surface area contributed by atoms with Gasteiger partial charge in [0.1, 0.15) is 13.1 Å². The van der Waals surface area contributed by atoms with Crippen molar-refractivity contribution in [3.8, 4) is 0 Å². The van der Waals surface area contributed by atoms with Gasteiger partial charge in [0.15, 0.2) is 13.1 Å². The number of hydrogen-bond acceptors (Lipinski definition) is 2. The highest BCUT2D eigenvalue weighted by Gasteiger charge is 2.25. The molecule has 2 rings (SSSR count). The molecule has 26 heavy (non-hydrogen) atoms. The SMILES string of the molecule is CC(C)(C)NC(=O)C[NH+]1CCC[NH+](CC(=O)NCc2ccccc2)CC1. The van der Waals surface area contributed by atoms with Gasteiger partial charge >= 0.3 is 0 Å². The molecule has 144 valence electrons. The zero-order valence-corrected chi connectivity index (χ0v) is 16.4. The van der Waals surface area contributed by atoms with E-state index >= 15 is 0 Å². The van der Waals surface area contributed by atoms with Gasteiger partial charge < -0.3 is 20.4 Å². The number of amides is 2. The molecule has 1 aromatic rings. The topological polar surface area (TPSA) is 67.1 Å². The first kappa shape index (κ1) is 20.4. The number of benzene rings is 1. The van der Waals surface area contributed by atoms with E-state index in [0.717, 1.165) is 38.2 Å². The summed E-state index contributed by atoms with van der Waals surface area (Å²) in [6, 6.07) is 9.97. The van der Waals surface area contributed by atoms with Gasteiger partial charge in [-0.1, -0.05) is 30.3 Å². The summed E-state index contributed by atoms with van der Waals surface area (Å²) < 4.78 is 0. The monoisotopic (exact) mass is 362 g/mol. The van der Waals surface area contributed by atoms with Crippen molar-refractivity contribution in [3.63, 3.8) is 0 Å². The van der Waals surface area contributed by atoms with Crippen molar-refractivity contribution in [2.75, 3.05) is 39.3 Å². The minimum Gasteiger partial charge on any atom is -0.347 e. The molecule has 2 atom stereocenters. The Labute approximate surface area is 156 Å². The number of carbonyl (C=O) groups is 2. The Balaban J connectivity index is 1.70. The molecule has 0 bridgehead atoms. The highest BCUT2D eigenvalue weighted by atomic mass is 16.2. The highest BCUT2D eigenvalue weighted by Crippen LogP contribution is 1.97. The van der Waals surface area contributed by atoms with Crippen molar-refractivity contribution in [1.29, 1.82) is 0 Å². The maximum absolute atomic E-state index is 12.2. The molecule has 6 nitrogen and oxygen atoms in total. The Morgan fingerprint density at radius 2 is 1.50 bits per heavy atom. The molecule has 1 aliphatic heterocycles. The zero-order chi connectivity index (χ0) is 19.0. The van der Waals surface area contributed by atoms with E-state index in [1.54, 1.807) is 0 Å². The van der Waals surface area contributed by atoms with Crippen LogP contribution in [0.3, 0.4) is 0 Å². The quantitative estimate of drug-likeness (QED) is 0.492. The first-order chi connectivity index (χ1) is 12.3. The molecular formula is C20H34N4O2+2. The fraction of sp³-hybridized carbons (Fsp3) is 0.600. The summed E-state index contributed by atoms with van der Waals surface area (Å²) in [4.78, 5) is 26.9. The Morgan fingerprint density at radius 3 is 2.08 bits per heavy atom. The predicted octanol–water partition coefficient (Wildman–Crippen LogP) is -1.61. The molecule has 0 spiro atoms. The molecule has 1 saturated heterocycles. The first-order valence-corrected chi connectivity index (χ1v) is 9.60. The summed E-state index contributed by atoms with van der Waals surface area (Å²) in [5.41, 5.74) is 0.934. The maximum atomic E-state index is 12.2. The third-order valence-corrected chi connectivity index (χ3v) is 4.56. The molecular weight excluding hydrogens is 328 g/mol. The van der Waals surface area contributed by atoms with Crippen molar-refractivity contribution >= 4 is 11.8 Å². The van der Waals surface area contributed by atoms with Crippen LogP contribution >= 0.6 is 0 Å². The molecule has 2 amide bonds. The van der Waals surface area contributed by atoms with E-state index in [1.807, 2.05) is 51.1 Å². The summed E-state index contributed by atoms with van der Waals surface area (Å²) >= 11 is 0. The highest BCUT2D eigenvalue weighted by molar-refractivity contribution is 5.77. The zero-order valence-electron chi connectivity index (χ0n) is 16.4. The van der Waals surface area contributed by atoms with Crippen molar-refractivity contribution in [2.45, 2.75) is 39.3 Å². The van der Waals surface area contributed by atoms with E-state index in [4.69, 9.17) is 0 Å². The van der Waals surface area contributed by atoms with Crippen molar-refractivity contribution < 1.29 is 19.4 Å². The van der Waals surface area contributed by atoms with E-state index in [1.165, 1.54) is 9.80 Å². The maximum Gasteiger partial charge on any atom is 0.275 e. The minimum atomic E-state index is -0.184. The van der Waals surface area contributed by atoms with Gasteiger partial charge in [0.2, 0.25) is 0 Å². The molecule has 0 aromatic heterocycles. The summed E-state index contributed by atoms with van der Waals surface area (Å²) in [6.45, 7) is 11.5. The minimum absolute atomic E-state index is 0.0952. The van der Waals surface area contributed by atoms with Gasteiger partial charge in [-0.05, 0) is 26.3 Å². The molecule has 6 heteroatoms. The first-order valence-electron chi connectivity index (χ1n) is 9.60. The molecule has 0 aliphatic carbocycles. The molecule has 4 N–H and O–H groups in total. The van der Waals surface area contributed by atoms with Gasteiger partial charge in [-0.25, -0.2) is 0 Å². The summed E-state index contributed by atoms with van der Waals surface area (Å²) in [5, 5.41) is 6.04. The van der Waals surface area contributed by atoms with E-state index in [9.17, 15) is 9.59 Å². The number of quaternary nitrogens is 2. The van der Waals surface area contributed by atoms with Gasteiger partial charge in [-0.3, -0.25) is 9.59 Å². The van der Waals surface area contributed by atoms with Crippen LogP contribution in [0.1, 0.15) is 32.8 Å². The second-order valence-electron chi connectivity index (χ2n) is 8.27. The third-order valence-electron chi connectivity index (χ3n) is 4.56. The molecule has 0 saturated carbocycles. The van der Waals surface area contributed by atoms with Crippen LogP contribution in [-0.4, -0.2) is 56.6 Å². The van der Waals surface area contributed by atoms with Crippen molar-refractivity contribution in [1.82, 2.24) is 10.6 Å². The molecule has 1 heterocycles. The fourth-order valence-electron chi connectivity index (χ4n) is 3.32. The lowest BCUT2D eigenvalue weighted by atomic mass is 10.1. The van der Waals surface area contributed by atoms with E-state index in [2.05, 4.69) is 10.6 Å². The Bertz CT molecular complexity index is 583. The normalized spacial score (nSPS) is 20.9. The lowest BCUT2D eigenvalue weighted by Gasteiger charge is -2.22. The summed E-state index contributed by atoms with van der Waals surface area (Å²) in [7, 11) is 0. The van der Waals surface area contributed by atoms with Crippen molar-refractivity contribution in [3.05, 3.63) is 35.9 Å². The van der Waals surface area contributed by atoms with Crippen LogP contribution in [0.25, 0.3) is 0 Å². The molecule has 1 aliphatic rings. The van der Waals surface area contributed by atoms with E-state index < -0.39 is 0 Å². The number of carbonyl (C=O) groups excluding carboxylic acids is 2. The van der Waals surface area contributed by atoms with Gasteiger partial charge in [-0.15, -0.1) is 0 Å². The smallest absolute Gasteiger partial charge is 0.275 e. The number of nitrogens with one attached hydrogen (secondary N) is 4. The van der Waals surface area contributed by atoms with Crippen LogP contribution in [0.15, 0.2) is 30.3 Å². The average Bonchev–Trinajstić information content (AvgIpc) is 2.77. The fourth-order valence-corrected chi connectivity index (χ4v) is 3.32. The molecule has 2 unspecified atom stereocenters. The largest absolute Gasteiger partial charge is 0.347 e.